The second-order valence-electron chi connectivity index (χ2n) is 6.88. The molecule has 8 nitrogen and oxygen atoms in total. The fourth-order valence-electron chi connectivity index (χ4n) is 2.66. The second-order valence-corrected chi connectivity index (χ2v) is 8.97. The fraction of sp³-hybridized carbons (Fsp3) is 0.941. The zero-order valence-electron chi connectivity index (χ0n) is 17.8. The Bertz CT molecular complexity index is 598. The molecule has 0 unspecified atom stereocenters. The van der Waals surface area contributed by atoms with Crippen LogP contribution >= 0.6 is 24.0 Å². The van der Waals surface area contributed by atoms with Gasteiger partial charge in [-0.15, -0.1) is 24.0 Å². The van der Waals surface area contributed by atoms with Crippen LogP contribution in [0.2, 0.25) is 0 Å². The molecule has 0 bridgehead atoms. The van der Waals surface area contributed by atoms with E-state index in [1.54, 1.807) is 0 Å². The first-order chi connectivity index (χ1) is 13.5. The number of piperazine rings is 1. The molecule has 0 aromatic carbocycles. The predicted octanol–water partition coefficient (Wildman–Crippen LogP) is 1.91. The zero-order chi connectivity index (χ0) is 21.9. The highest BCUT2D eigenvalue weighted by molar-refractivity contribution is 14.0. The van der Waals surface area contributed by atoms with E-state index in [0.717, 1.165) is 0 Å². The molecular formula is C17H34F3IN4O4S. The molecule has 0 amide bonds. The Kier molecular flexibility index (Phi) is 14.5. The Morgan fingerprint density at radius 2 is 1.80 bits per heavy atom. The van der Waals surface area contributed by atoms with Gasteiger partial charge in [-0.25, -0.2) is 8.42 Å². The second kappa shape index (κ2) is 14.6. The number of hydrogen-bond donors (Lipinski definition) is 1. The van der Waals surface area contributed by atoms with Crippen molar-refractivity contribution in [3.8, 4) is 0 Å². The molecule has 1 N–H and O–H groups in total. The van der Waals surface area contributed by atoms with Gasteiger partial charge in [0.15, 0.2) is 5.96 Å². The van der Waals surface area contributed by atoms with Gasteiger partial charge in [-0.2, -0.15) is 17.5 Å². The smallest absolute Gasteiger partial charge is 0.378 e. The van der Waals surface area contributed by atoms with Crippen molar-refractivity contribution >= 4 is 40.0 Å². The van der Waals surface area contributed by atoms with E-state index in [1.807, 2.05) is 25.7 Å². The van der Waals surface area contributed by atoms with Crippen LogP contribution in [-0.4, -0.2) is 101 Å². The maximum atomic E-state index is 12.4. The number of ether oxygens (including phenoxy) is 2. The number of sulfonamides is 1. The van der Waals surface area contributed by atoms with Crippen molar-refractivity contribution in [2.75, 3.05) is 64.8 Å². The van der Waals surface area contributed by atoms with E-state index in [9.17, 15) is 21.6 Å². The Morgan fingerprint density at radius 3 is 2.33 bits per heavy atom. The number of alkyl halides is 3. The van der Waals surface area contributed by atoms with Crippen LogP contribution in [0.3, 0.4) is 0 Å². The third kappa shape index (κ3) is 12.5. The van der Waals surface area contributed by atoms with Gasteiger partial charge in [0.1, 0.15) is 6.61 Å². The van der Waals surface area contributed by atoms with E-state index in [2.05, 4.69) is 15.0 Å². The summed E-state index contributed by atoms with van der Waals surface area (Å²) in [6, 6.07) is 0. The summed E-state index contributed by atoms with van der Waals surface area (Å²) in [5.74, 6) is 0.584. The summed E-state index contributed by atoms with van der Waals surface area (Å²) in [5.41, 5.74) is 0. The summed E-state index contributed by atoms with van der Waals surface area (Å²) in [5, 5.41) is 3.13. The van der Waals surface area contributed by atoms with Gasteiger partial charge in [0.2, 0.25) is 10.0 Å². The van der Waals surface area contributed by atoms with Crippen LogP contribution in [0.5, 0.6) is 0 Å². The normalized spacial score (nSPS) is 16.6. The molecule has 0 spiro atoms. The van der Waals surface area contributed by atoms with E-state index in [4.69, 9.17) is 4.74 Å². The molecular weight excluding hydrogens is 540 g/mol. The Labute approximate surface area is 194 Å². The molecule has 30 heavy (non-hydrogen) atoms. The quantitative estimate of drug-likeness (QED) is 0.176. The van der Waals surface area contributed by atoms with Gasteiger partial charge in [0, 0.05) is 45.9 Å². The lowest BCUT2D eigenvalue weighted by Crippen LogP contribution is -2.54. The minimum Gasteiger partial charge on any atom is -0.378 e. The van der Waals surface area contributed by atoms with Crippen molar-refractivity contribution in [3.05, 3.63) is 0 Å². The molecule has 180 valence electrons. The monoisotopic (exact) mass is 574 g/mol. The molecule has 13 heteroatoms. The van der Waals surface area contributed by atoms with Gasteiger partial charge < -0.3 is 19.7 Å². The van der Waals surface area contributed by atoms with Crippen LogP contribution in [0.4, 0.5) is 13.2 Å². The number of nitrogens with one attached hydrogen (secondary N) is 1. The Morgan fingerprint density at radius 1 is 1.17 bits per heavy atom. The van der Waals surface area contributed by atoms with Crippen LogP contribution in [0.15, 0.2) is 4.99 Å². The van der Waals surface area contributed by atoms with Crippen LogP contribution in [0.1, 0.15) is 27.2 Å². The van der Waals surface area contributed by atoms with E-state index in [1.165, 1.54) is 4.31 Å². The minimum atomic E-state index is -4.32. The molecule has 1 fully saturated rings. The number of rotatable bonds is 11. The number of nitrogens with zero attached hydrogens (tertiary/aromatic N) is 3. The van der Waals surface area contributed by atoms with Gasteiger partial charge in [-0.05, 0) is 27.2 Å². The first-order valence-electron chi connectivity index (χ1n) is 9.82. The zero-order valence-corrected chi connectivity index (χ0v) is 20.9. The summed E-state index contributed by atoms with van der Waals surface area (Å²) in [7, 11) is -3.37. The summed E-state index contributed by atoms with van der Waals surface area (Å²) in [6.45, 7) is 7.15. The highest BCUT2D eigenvalue weighted by Gasteiger charge is 2.28. The molecule has 0 atom stereocenters. The molecule has 1 rings (SSSR count). The summed E-state index contributed by atoms with van der Waals surface area (Å²) < 4.78 is 72.3. The summed E-state index contributed by atoms with van der Waals surface area (Å²) in [4.78, 5) is 6.36. The molecule has 0 radical (unpaired) electrons. The predicted molar refractivity (Wildman–Crippen MR) is 121 cm³/mol. The standard InChI is InChI=1S/C17H33F3N4O4S.HI/c1-4-21-16(22-6-5-11-27-14-17(18,19)20)23-7-9-24(10-8-23)29(25,26)13-12-28-15(2)3;/h15H,4-14H2,1-3H3,(H,21,22);1H. The maximum Gasteiger partial charge on any atom is 0.411 e. The van der Waals surface area contributed by atoms with Crippen molar-refractivity contribution in [1.29, 1.82) is 0 Å². The molecule has 0 aromatic rings. The van der Waals surface area contributed by atoms with Crippen LogP contribution in [0.25, 0.3) is 0 Å². The minimum absolute atomic E-state index is 0. The van der Waals surface area contributed by atoms with E-state index >= 15 is 0 Å². The van der Waals surface area contributed by atoms with Gasteiger partial charge in [-0.1, -0.05) is 0 Å². The molecule has 1 saturated heterocycles. The molecule has 0 aromatic heterocycles. The van der Waals surface area contributed by atoms with Gasteiger partial charge in [0.05, 0.1) is 18.5 Å². The largest absolute Gasteiger partial charge is 0.411 e. The Balaban J connectivity index is 0.00000841. The topological polar surface area (TPSA) is 83.5 Å². The number of hydrogen-bond acceptors (Lipinski definition) is 5. The molecule has 1 aliphatic heterocycles. The lowest BCUT2D eigenvalue weighted by molar-refractivity contribution is -0.173. The van der Waals surface area contributed by atoms with Crippen LogP contribution < -0.4 is 5.32 Å². The van der Waals surface area contributed by atoms with E-state index in [-0.39, 0.29) is 49.0 Å². The van der Waals surface area contributed by atoms with Crippen molar-refractivity contribution in [2.24, 2.45) is 4.99 Å². The van der Waals surface area contributed by atoms with Crippen molar-refractivity contribution in [1.82, 2.24) is 14.5 Å². The van der Waals surface area contributed by atoms with Gasteiger partial charge in [-0.3, -0.25) is 4.99 Å². The highest BCUT2D eigenvalue weighted by Crippen LogP contribution is 2.14. The Hall–Kier alpha value is -0.380. The number of halogens is 4. The van der Waals surface area contributed by atoms with Crippen molar-refractivity contribution in [2.45, 2.75) is 39.5 Å². The van der Waals surface area contributed by atoms with E-state index < -0.39 is 22.8 Å². The molecule has 1 aliphatic rings. The van der Waals surface area contributed by atoms with Crippen LogP contribution in [0, 0.1) is 0 Å². The van der Waals surface area contributed by atoms with Gasteiger partial charge >= 0.3 is 6.18 Å². The fourth-order valence-corrected chi connectivity index (χ4v) is 3.95. The average molecular weight is 574 g/mol. The van der Waals surface area contributed by atoms with E-state index in [0.29, 0.717) is 51.6 Å². The molecule has 0 saturated carbocycles. The van der Waals surface area contributed by atoms with Crippen molar-refractivity contribution < 1.29 is 31.1 Å². The SMILES string of the molecule is CCNC(=NCCCOCC(F)(F)F)N1CCN(S(=O)(=O)CCOC(C)C)CC1.I. The average Bonchev–Trinajstić information content (AvgIpc) is 2.62. The first-order valence-corrected chi connectivity index (χ1v) is 11.4. The third-order valence-corrected chi connectivity index (χ3v) is 5.87. The van der Waals surface area contributed by atoms with Gasteiger partial charge in [0.25, 0.3) is 0 Å². The number of aliphatic imine (C=N–C) groups is 1. The summed E-state index contributed by atoms with van der Waals surface area (Å²) in [6.07, 6.45) is -3.96. The first kappa shape index (κ1) is 29.6. The lowest BCUT2D eigenvalue weighted by atomic mass is 10.4. The highest BCUT2D eigenvalue weighted by atomic mass is 127. The third-order valence-electron chi connectivity index (χ3n) is 4.03. The molecule has 0 aliphatic carbocycles. The number of guanidine groups is 1. The molecule has 1 heterocycles. The summed E-state index contributed by atoms with van der Waals surface area (Å²) >= 11 is 0. The van der Waals surface area contributed by atoms with Crippen molar-refractivity contribution in [3.63, 3.8) is 0 Å². The lowest BCUT2D eigenvalue weighted by Gasteiger charge is -2.36. The van der Waals surface area contributed by atoms with Crippen LogP contribution in [-0.2, 0) is 19.5 Å². The maximum absolute atomic E-state index is 12.4.